The van der Waals surface area contributed by atoms with Crippen LogP contribution >= 0.6 is 0 Å². The number of hydrogen-bond acceptors (Lipinski definition) is 2. The summed E-state index contributed by atoms with van der Waals surface area (Å²) in [5, 5.41) is 9.69. The molecule has 0 aromatic carbocycles. The molecule has 1 heterocycles. The first-order chi connectivity index (χ1) is 6.13. The molecule has 0 aromatic heterocycles. The molecule has 0 aliphatic carbocycles. The summed E-state index contributed by atoms with van der Waals surface area (Å²) in [6, 6.07) is 0. The number of β-amino-alcohol motifs (C(OH)–C–C–N with tert-alkyl or cyclic N) is 1. The highest BCUT2D eigenvalue weighted by molar-refractivity contribution is 4.77. The highest BCUT2D eigenvalue weighted by atomic mass is 16.3. The molecule has 0 radical (unpaired) electrons. The molecule has 1 fully saturated rings. The SMILES string of the molecule is CCC(C)CN1CCC(C)C(O)C1. The molecule has 0 amide bonds. The maximum Gasteiger partial charge on any atom is 0.0693 e. The zero-order chi connectivity index (χ0) is 9.84. The van der Waals surface area contributed by atoms with Crippen molar-refractivity contribution in [3.8, 4) is 0 Å². The van der Waals surface area contributed by atoms with Gasteiger partial charge in [-0.15, -0.1) is 0 Å². The van der Waals surface area contributed by atoms with Crippen molar-refractivity contribution >= 4 is 0 Å². The number of aliphatic hydroxyl groups excluding tert-OH is 1. The van der Waals surface area contributed by atoms with Crippen molar-refractivity contribution < 1.29 is 5.11 Å². The first-order valence-electron chi connectivity index (χ1n) is 5.54. The number of nitrogens with zero attached hydrogens (tertiary/aromatic N) is 1. The standard InChI is InChI=1S/C11H23NO/c1-4-9(2)7-12-6-5-10(3)11(13)8-12/h9-11,13H,4-8H2,1-3H3. The Morgan fingerprint density at radius 3 is 2.77 bits per heavy atom. The second-order valence-corrected chi connectivity index (χ2v) is 4.61. The van der Waals surface area contributed by atoms with E-state index in [4.69, 9.17) is 0 Å². The van der Waals surface area contributed by atoms with Crippen LogP contribution in [0.15, 0.2) is 0 Å². The van der Waals surface area contributed by atoms with E-state index in [0.717, 1.165) is 25.4 Å². The first-order valence-corrected chi connectivity index (χ1v) is 5.54. The Balaban J connectivity index is 2.29. The lowest BCUT2D eigenvalue weighted by Crippen LogP contribution is -2.44. The molecule has 1 aliphatic heterocycles. The van der Waals surface area contributed by atoms with Crippen LogP contribution in [0, 0.1) is 11.8 Å². The van der Waals surface area contributed by atoms with Crippen LogP contribution < -0.4 is 0 Å². The Morgan fingerprint density at radius 2 is 2.23 bits per heavy atom. The molecule has 1 saturated heterocycles. The average molecular weight is 185 g/mol. The predicted octanol–water partition coefficient (Wildman–Crippen LogP) is 1.74. The van der Waals surface area contributed by atoms with E-state index in [1.165, 1.54) is 13.0 Å². The molecule has 2 nitrogen and oxygen atoms in total. The molecule has 3 unspecified atom stereocenters. The number of piperidine rings is 1. The molecule has 1 aliphatic rings. The summed E-state index contributed by atoms with van der Waals surface area (Å²) in [4.78, 5) is 2.40. The van der Waals surface area contributed by atoms with Crippen LogP contribution in [0.25, 0.3) is 0 Å². The molecule has 78 valence electrons. The second kappa shape index (κ2) is 4.97. The van der Waals surface area contributed by atoms with Gasteiger partial charge in [-0.05, 0) is 24.8 Å². The van der Waals surface area contributed by atoms with E-state index < -0.39 is 0 Å². The lowest BCUT2D eigenvalue weighted by atomic mass is 9.95. The minimum atomic E-state index is -0.0993. The first kappa shape index (κ1) is 11.0. The van der Waals surface area contributed by atoms with Crippen LogP contribution in [0.1, 0.15) is 33.6 Å². The maximum atomic E-state index is 9.69. The molecular weight excluding hydrogens is 162 g/mol. The van der Waals surface area contributed by atoms with Crippen molar-refractivity contribution in [2.45, 2.75) is 39.7 Å². The smallest absolute Gasteiger partial charge is 0.0693 e. The monoisotopic (exact) mass is 185 g/mol. The van der Waals surface area contributed by atoms with Crippen molar-refractivity contribution in [1.82, 2.24) is 4.90 Å². The van der Waals surface area contributed by atoms with Gasteiger partial charge in [-0.2, -0.15) is 0 Å². The highest BCUT2D eigenvalue weighted by Crippen LogP contribution is 2.18. The molecule has 1 N–H and O–H groups in total. The molecular formula is C11H23NO. The van der Waals surface area contributed by atoms with Crippen LogP contribution in [0.2, 0.25) is 0 Å². The second-order valence-electron chi connectivity index (χ2n) is 4.61. The molecule has 0 saturated carbocycles. The lowest BCUT2D eigenvalue weighted by molar-refractivity contribution is 0.0237. The van der Waals surface area contributed by atoms with E-state index in [1.807, 2.05) is 0 Å². The predicted molar refractivity (Wildman–Crippen MR) is 55.7 cm³/mol. The van der Waals surface area contributed by atoms with E-state index in [2.05, 4.69) is 25.7 Å². The van der Waals surface area contributed by atoms with Gasteiger partial charge in [-0.3, -0.25) is 0 Å². The third-order valence-corrected chi connectivity index (χ3v) is 3.27. The van der Waals surface area contributed by atoms with E-state index >= 15 is 0 Å². The molecule has 0 aromatic rings. The fourth-order valence-corrected chi connectivity index (χ4v) is 1.85. The van der Waals surface area contributed by atoms with Gasteiger partial charge in [-0.1, -0.05) is 27.2 Å². The summed E-state index contributed by atoms with van der Waals surface area (Å²) < 4.78 is 0. The van der Waals surface area contributed by atoms with Crippen molar-refractivity contribution in [3.05, 3.63) is 0 Å². The molecule has 13 heavy (non-hydrogen) atoms. The van der Waals surface area contributed by atoms with Crippen LogP contribution in [0.4, 0.5) is 0 Å². The van der Waals surface area contributed by atoms with Gasteiger partial charge in [-0.25, -0.2) is 0 Å². The Labute approximate surface area is 81.9 Å². The Morgan fingerprint density at radius 1 is 1.54 bits per heavy atom. The van der Waals surface area contributed by atoms with E-state index in [1.54, 1.807) is 0 Å². The summed E-state index contributed by atoms with van der Waals surface area (Å²) in [6.45, 7) is 9.86. The third-order valence-electron chi connectivity index (χ3n) is 3.27. The number of rotatable bonds is 3. The van der Waals surface area contributed by atoms with Gasteiger partial charge in [0.2, 0.25) is 0 Å². The Bertz CT molecular complexity index is 147. The van der Waals surface area contributed by atoms with Gasteiger partial charge < -0.3 is 10.0 Å². The fraction of sp³-hybridized carbons (Fsp3) is 1.00. The number of hydrogen-bond donors (Lipinski definition) is 1. The van der Waals surface area contributed by atoms with Crippen LogP contribution in [-0.2, 0) is 0 Å². The van der Waals surface area contributed by atoms with Crippen molar-refractivity contribution in [1.29, 1.82) is 0 Å². The molecule has 3 atom stereocenters. The lowest BCUT2D eigenvalue weighted by Gasteiger charge is -2.35. The summed E-state index contributed by atoms with van der Waals surface area (Å²) in [7, 11) is 0. The van der Waals surface area contributed by atoms with Gasteiger partial charge in [0, 0.05) is 13.1 Å². The van der Waals surface area contributed by atoms with Gasteiger partial charge in [0.1, 0.15) is 0 Å². The van der Waals surface area contributed by atoms with E-state index in [9.17, 15) is 5.11 Å². The number of aliphatic hydroxyl groups is 1. The van der Waals surface area contributed by atoms with Gasteiger partial charge in [0.15, 0.2) is 0 Å². The maximum absolute atomic E-state index is 9.69. The summed E-state index contributed by atoms with van der Waals surface area (Å²) in [5.41, 5.74) is 0. The largest absolute Gasteiger partial charge is 0.392 e. The Kier molecular flexibility index (Phi) is 4.20. The molecule has 1 rings (SSSR count). The molecule has 0 bridgehead atoms. The van der Waals surface area contributed by atoms with Gasteiger partial charge in [0.05, 0.1) is 6.10 Å². The Hall–Kier alpha value is -0.0800. The average Bonchev–Trinajstić information content (AvgIpc) is 2.11. The van der Waals surface area contributed by atoms with Gasteiger partial charge >= 0.3 is 0 Å². The van der Waals surface area contributed by atoms with Gasteiger partial charge in [0.25, 0.3) is 0 Å². The fourth-order valence-electron chi connectivity index (χ4n) is 1.85. The minimum Gasteiger partial charge on any atom is -0.392 e. The molecule has 2 heteroatoms. The third kappa shape index (κ3) is 3.28. The van der Waals surface area contributed by atoms with Crippen LogP contribution in [0.3, 0.4) is 0 Å². The van der Waals surface area contributed by atoms with Crippen LogP contribution in [-0.4, -0.2) is 35.7 Å². The topological polar surface area (TPSA) is 23.5 Å². The summed E-state index contributed by atoms with van der Waals surface area (Å²) in [6.07, 6.45) is 2.29. The van der Waals surface area contributed by atoms with E-state index in [0.29, 0.717) is 5.92 Å². The zero-order valence-corrected chi connectivity index (χ0v) is 9.16. The van der Waals surface area contributed by atoms with Crippen molar-refractivity contribution in [3.63, 3.8) is 0 Å². The quantitative estimate of drug-likeness (QED) is 0.724. The molecule has 0 spiro atoms. The zero-order valence-electron chi connectivity index (χ0n) is 9.16. The van der Waals surface area contributed by atoms with Crippen molar-refractivity contribution in [2.24, 2.45) is 11.8 Å². The summed E-state index contributed by atoms with van der Waals surface area (Å²) in [5.74, 6) is 1.26. The minimum absolute atomic E-state index is 0.0993. The van der Waals surface area contributed by atoms with Crippen molar-refractivity contribution in [2.75, 3.05) is 19.6 Å². The normalized spacial score (nSPS) is 33.2. The van der Waals surface area contributed by atoms with E-state index in [-0.39, 0.29) is 6.10 Å². The highest BCUT2D eigenvalue weighted by Gasteiger charge is 2.24. The summed E-state index contributed by atoms with van der Waals surface area (Å²) >= 11 is 0. The number of likely N-dealkylation sites (tertiary alicyclic amines) is 1. The van der Waals surface area contributed by atoms with Crippen LogP contribution in [0.5, 0.6) is 0 Å².